The van der Waals surface area contributed by atoms with Gasteiger partial charge in [-0.3, -0.25) is 0 Å². The summed E-state index contributed by atoms with van der Waals surface area (Å²) in [4.78, 5) is 16.8. The molecule has 0 saturated carbocycles. The van der Waals surface area contributed by atoms with Crippen LogP contribution in [0.1, 0.15) is 10.6 Å². The van der Waals surface area contributed by atoms with Gasteiger partial charge in [-0.25, -0.2) is 14.1 Å². The zero-order chi connectivity index (χ0) is 16.6. The van der Waals surface area contributed by atoms with E-state index in [1.807, 2.05) is 38.1 Å². The van der Waals surface area contributed by atoms with Gasteiger partial charge in [-0.2, -0.15) is 0 Å². The first kappa shape index (κ1) is 16.1. The lowest BCUT2D eigenvalue weighted by atomic mass is 10.2. The molecular formula is C16H14ClN3OS2. The van der Waals surface area contributed by atoms with Gasteiger partial charge in [0.05, 0.1) is 20.9 Å². The molecule has 1 N–H and O–H groups in total. The van der Waals surface area contributed by atoms with Crippen molar-refractivity contribution >= 4 is 63.4 Å². The van der Waals surface area contributed by atoms with Gasteiger partial charge in [0.1, 0.15) is 0 Å². The number of hydrogen-bond acceptors (Lipinski definition) is 4. The minimum atomic E-state index is -0.356. The molecule has 0 spiro atoms. The third kappa shape index (κ3) is 3.44. The Balaban J connectivity index is 1.83. The fourth-order valence-corrected chi connectivity index (χ4v) is 3.46. The second-order valence-corrected chi connectivity index (χ2v) is 7.16. The Morgan fingerprint density at radius 1 is 1.26 bits per heavy atom. The minimum Gasteiger partial charge on any atom is -0.307 e. The summed E-state index contributed by atoms with van der Waals surface area (Å²) in [6.45, 7) is 3.85. The molecular weight excluding hydrogens is 350 g/mol. The highest BCUT2D eigenvalue weighted by atomic mass is 35.5. The number of urea groups is 1. The van der Waals surface area contributed by atoms with Crippen LogP contribution in [0.15, 0.2) is 36.4 Å². The van der Waals surface area contributed by atoms with Crippen LogP contribution >= 0.6 is 35.8 Å². The van der Waals surface area contributed by atoms with Crippen LogP contribution in [0.3, 0.4) is 0 Å². The standard InChI is InChI=1S/C16H14ClN3OS2/c1-9-3-4-11(17)7-14(9)20(22)16(21)19-12-5-6-15-13(8-12)18-10(2)23-15/h3-8,22H,1-2H3,(H,19,21). The van der Waals surface area contributed by atoms with Gasteiger partial charge >= 0.3 is 6.03 Å². The van der Waals surface area contributed by atoms with Gasteiger partial charge in [0, 0.05) is 10.7 Å². The van der Waals surface area contributed by atoms with E-state index in [4.69, 9.17) is 11.6 Å². The SMILES string of the molecule is Cc1nc2cc(NC(=O)N(S)c3cc(Cl)ccc3C)ccc2s1. The first-order chi connectivity index (χ1) is 10.9. The summed E-state index contributed by atoms with van der Waals surface area (Å²) in [7, 11) is 0. The van der Waals surface area contributed by atoms with Gasteiger partial charge in [0.2, 0.25) is 0 Å². The van der Waals surface area contributed by atoms with E-state index < -0.39 is 0 Å². The number of anilines is 2. The van der Waals surface area contributed by atoms with Crippen molar-refractivity contribution in [3.63, 3.8) is 0 Å². The zero-order valence-electron chi connectivity index (χ0n) is 12.5. The molecule has 1 aromatic heterocycles. The molecule has 0 atom stereocenters. The molecule has 0 aliphatic carbocycles. The van der Waals surface area contributed by atoms with Crippen molar-refractivity contribution < 1.29 is 4.79 Å². The molecule has 23 heavy (non-hydrogen) atoms. The maximum absolute atomic E-state index is 12.4. The number of benzene rings is 2. The van der Waals surface area contributed by atoms with Crippen molar-refractivity contribution in [1.82, 2.24) is 4.98 Å². The van der Waals surface area contributed by atoms with E-state index in [0.717, 1.165) is 20.8 Å². The summed E-state index contributed by atoms with van der Waals surface area (Å²) >= 11 is 11.9. The van der Waals surface area contributed by atoms with Gasteiger partial charge in [-0.15, -0.1) is 11.3 Å². The average Bonchev–Trinajstić information content (AvgIpc) is 2.88. The second kappa shape index (κ2) is 6.39. The summed E-state index contributed by atoms with van der Waals surface area (Å²) in [5.41, 5.74) is 3.09. The molecule has 1 heterocycles. The lowest BCUT2D eigenvalue weighted by Crippen LogP contribution is -2.27. The Morgan fingerprint density at radius 2 is 2.04 bits per heavy atom. The third-order valence-electron chi connectivity index (χ3n) is 3.34. The number of hydrogen-bond donors (Lipinski definition) is 2. The highest BCUT2D eigenvalue weighted by Gasteiger charge is 2.15. The van der Waals surface area contributed by atoms with Gasteiger partial charge < -0.3 is 5.32 Å². The van der Waals surface area contributed by atoms with Crippen LogP contribution in [0.4, 0.5) is 16.2 Å². The number of aromatic nitrogens is 1. The molecule has 118 valence electrons. The molecule has 0 aliphatic rings. The Labute approximate surface area is 148 Å². The molecule has 0 aliphatic heterocycles. The molecule has 2 aromatic carbocycles. The average molecular weight is 364 g/mol. The topological polar surface area (TPSA) is 45.2 Å². The summed E-state index contributed by atoms with van der Waals surface area (Å²) < 4.78 is 2.34. The molecule has 0 saturated heterocycles. The largest absolute Gasteiger partial charge is 0.336 e. The van der Waals surface area contributed by atoms with Gasteiger partial charge in [-0.05, 0) is 49.7 Å². The Hall–Kier alpha value is -1.76. The van der Waals surface area contributed by atoms with Crippen LogP contribution in [0.25, 0.3) is 10.2 Å². The molecule has 0 radical (unpaired) electrons. The zero-order valence-corrected chi connectivity index (χ0v) is 15.0. The Kier molecular flexibility index (Phi) is 4.48. The summed E-state index contributed by atoms with van der Waals surface area (Å²) in [5, 5.41) is 4.37. The number of aryl methyl sites for hydroxylation is 2. The van der Waals surface area contributed by atoms with E-state index in [-0.39, 0.29) is 6.03 Å². The maximum Gasteiger partial charge on any atom is 0.336 e. The second-order valence-electron chi connectivity index (χ2n) is 5.09. The fourth-order valence-electron chi connectivity index (χ4n) is 2.22. The summed E-state index contributed by atoms with van der Waals surface area (Å²) in [6.07, 6.45) is 0. The van der Waals surface area contributed by atoms with Crippen molar-refractivity contribution in [3.8, 4) is 0 Å². The highest BCUT2D eigenvalue weighted by Crippen LogP contribution is 2.28. The third-order valence-corrected chi connectivity index (χ3v) is 4.92. The molecule has 3 rings (SSSR count). The van der Waals surface area contributed by atoms with Crippen LogP contribution in [-0.4, -0.2) is 11.0 Å². The first-order valence-electron chi connectivity index (χ1n) is 6.87. The van der Waals surface area contributed by atoms with Crippen molar-refractivity contribution in [1.29, 1.82) is 0 Å². The number of carbonyl (C=O) groups is 1. The molecule has 7 heteroatoms. The van der Waals surface area contributed by atoms with Gasteiger partial charge in [0.15, 0.2) is 0 Å². The fraction of sp³-hybridized carbons (Fsp3) is 0.125. The van der Waals surface area contributed by atoms with E-state index in [1.54, 1.807) is 23.5 Å². The Morgan fingerprint density at radius 3 is 2.83 bits per heavy atom. The first-order valence-corrected chi connectivity index (χ1v) is 8.47. The Bertz CT molecular complexity index is 894. The van der Waals surface area contributed by atoms with Gasteiger partial charge in [0.25, 0.3) is 0 Å². The summed E-state index contributed by atoms with van der Waals surface area (Å²) in [5.74, 6) is 0. The number of amides is 2. The lowest BCUT2D eigenvalue weighted by Gasteiger charge is -2.19. The van der Waals surface area contributed by atoms with E-state index in [0.29, 0.717) is 16.4 Å². The number of halogens is 1. The number of nitrogens with zero attached hydrogens (tertiary/aromatic N) is 2. The molecule has 0 bridgehead atoms. The van der Waals surface area contributed by atoms with Gasteiger partial charge in [-0.1, -0.05) is 30.5 Å². The quantitative estimate of drug-likeness (QED) is 0.594. The predicted octanol–water partition coefficient (Wildman–Crippen LogP) is 5.45. The smallest absolute Gasteiger partial charge is 0.307 e. The number of rotatable bonds is 2. The van der Waals surface area contributed by atoms with Crippen molar-refractivity contribution in [2.75, 3.05) is 9.62 Å². The van der Waals surface area contributed by atoms with Crippen LogP contribution in [0.2, 0.25) is 5.02 Å². The minimum absolute atomic E-state index is 0.356. The highest BCUT2D eigenvalue weighted by molar-refractivity contribution is 7.82. The monoisotopic (exact) mass is 363 g/mol. The van der Waals surface area contributed by atoms with Crippen molar-refractivity contribution in [2.45, 2.75) is 13.8 Å². The molecule has 4 nitrogen and oxygen atoms in total. The normalized spacial score (nSPS) is 10.8. The van der Waals surface area contributed by atoms with Crippen molar-refractivity contribution in [3.05, 3.63) is 52.0 Å². The van der Waals surface area contributed by atoms with Crippen LogP contribution in [-0.2, 0) is 0 Å². The van der Waals surface area contributed by atoms with Crippen LogP contribution < -0.4 is 9.62 Å². The van der Waals surface area contributed by atoms with E-state index >= 15 is 0 Å². The number of carbonyl (C=O) groups excluding carboxylic acids is 1. The number of fused-ring (bicyclic) bond motifs is 1. The van der Waals surface area contributed by atoms with E-state index in [1.165, 1.54) is 4.31 Å². The lowest BCUT2D eigenvalue weighted by molar-refractivity contribution is 0.260. The number of thiazole rings is 1. The van der Waals surface area contributed by atoms with Crippen LogP contribution in [0, 0.1) is 13.8 Å². The molecule has 3 aromatic rings. The summed E-state index contributed by atoms with van der Waals surface area (Å²) in [6, 6.07) is 10.6. The number of nitrogens with one attached hydrogen (secondary N) is 1. The van der Waals surface area contributed by atoms with Crippen LogP contribution in [0.5, 0.6) is 0 Å². The molecule has 0 fully saturated rings. The maximum atomic E-state index is 12.4. The van der Waals surface area contributed by atoms with E-state index in [9.17, 15) is 4.79 Å². The molecule has 0 unspecified atom stereocenters. The van der Waals surface area contributed by atoms with Crippen molar-refractivity contribution in [2.24, 2.45) is 0 Å². The number of thiol groups is 1. The molecule has 2 amide bonds. The predicted molar refractivity (Wildman–Crippen MR) is 101 cm³/mol. The van der Waals surface area contributed by atoms with E-state index in [2.05, 4.69) is 23.1 Å².